The molecule has 3 N–H and O–H groups in total. The fourth-order valence-corrected chi connectivity index (χ4v) is 2.03. The van der Waals surface area contributed by atoms with E-state index in [4.69, 9.17) is 5.73 Å². The van der Waals surface area contributed by atoms with Gasteiger partial charge in [0, 0.05) is 0 Å². The standard InChI is InChI=1S/C8H10F3N3O3S/c1-13-7-14(17-6(16)8(9,10)11)4(3-18-7)2-5(12)15/h3,7,13H,2H2,1H3,(H2,12,15). The van der Waals surface area contributed by atoms with Crippen LogP contribution < -0.4 is 11.1 Å². The average Bonchev–Trinajstić information content (AvgIpc) is 2.59. The van der Waals surface area contributed by atoms with Crippen LogP contribution in [0.15, 0.2) is 11.1 Å². The van der Waals surface area contributed by atoms with Crippen LogP contribution in [0, 0.1) is 0 Å². The van der Waals surface area contributed by atoms with Crippen molar-refractivity contribution in [3.8, 4) is 0 Å². The Labute approximate surface area is 104 Å². The number of nitrogens with zero attached hydrogens (tertiary/aromatic N) is 1. The Balaban J connectivity index is 2.77. The van der Waals surface area contributed by atoms with E-state index in [0.717, 1.165) is 11.8 Å². The molecule has 1 heterocycles. The Morgan fingerprint density at radius 3 is 2.67 bits per heavy atom. The van der Waals surface area contributed by atoms with Gasteiger partial charge in [-0.25, -0.2) is 4.79 Å². The molecule has 1 aliphatic rings. The van der Waals surface area contributed by atoms with Crippen LogP contribution >= 0.6 is 11.8 Å². The van der Waals surface area contributed by atoms with Crippen molar-refractivity contribution in [2.75, 3.05) is 7.05 Å². The first-order valence-corrected chi connectivity index (χ1v) is 5.58. The molecule has 0 fully saturated rings. The number of hydrogen-bond acceptors (Lipinski definition) is 6. The van der Waals surface area contributed by atoms with Crippen molar-refractivity contribution in [2.45, 2.75) is 18.1 Å². The number of hydrogen-bond donors (Lipinski definition) is 2. The minimum atomic E-state index is -5.11. The zero-order chi connectivity index (χ0) is 13.9. The van der Waals surface area contributed by atoms with Gasteiger partial charge in [-0.1, -0.05) is 11.8 Å². The van der Waals surface area contributed by atoms with Gasteiger partial charge in [-0.2, -0.15) is 18.2 Å². The molecule has 102 valence electrons. The Hall–Kier alpha value is -1.42. The zero-order valence-electron chi connectivity index (χ0n) is 9.15. The lowest BCUT2D eigenvalue weighted by Crippen LogP contribution is -2.42. The number of alkyl halides is 3. The number of nitrogens with one attached hydrogen (secondary N) is 1. The number of amides is 1. The van der Waals surface area contributed by atoms with E-state index in [1.807, 2.05) is 0 Å². The predicted octanol–water partition coefficient (Wildman–Crippen LogP) is 0.275. The first-order valence-electron chi connectivity index (χ1n) is 4.64. The second-order valence-electron chi connectivity index (χ2n) is 3.23. The number of rotatable bonds is 4. The smallest absolute Gasteiger partial charge is 0.369 e. The largest absolute Gasteiger partial charge is 0.493 e. The second-order valence-corrected chi connectivity index (χ2v) is 4.19. The monoisotopic (exact) mass is 285 g/mol. The predicted molar refractivity (Wildman–Crippen MR) is 56.3 cm³/mol. The van der Waals surface area contributed by atoms with Crippen molar-refractivity contribution in [2.24, 2.45) is 5.73 Å². The van der Waals surface area contributed by atoms with Gasteiger partial charge in [-0.05, 0) is 12.5 Å². The van der Waals surface area contributed by atoms with Crippen molar-refractivity contribution >= 4 is 23.6 Å². The van der Waals surface area contributed by atoms with Crippen LogP contribution in [0.2, 0.25) is 0 Å². The van der Waals surface area contributed by atoms with Gasteiger partial charge >= 0.3 is 12.1 Å². The molecule has 18 heavy (non-hydrogen) atoms. The van der Waals surface area contributed by atoms with Crippen LogP contribution in [0.25, 0.3) is 0 Å². The number of carbonyl (C=O) groups excluding carboxylic acids is 2. The number of nitrogens with two attached hydrogens (primary N) is 1. The molecule has 1 rings (SSSR count). The summed E-state index contributed by atoms with van der Waals surface area (Å²) in [5, 5.41) is 4.70. The summed E-state index contributed by atoms with van der Waals surface area (Å²) in [6, 6.07) is 0. The maximum atomic E-state index is 12.1. The molecule has 0 radical (unpaired) electrons. The maximum absolute atomic E-state index is 12.1. The average molecular weight is 285 g/mol. The molecule has 1 amide bonds. The molecule has 1 atom stereocenters. The van der Waals surface area contributed by atoms with Gasteiger partial charge in [-0.3, -0.25) is 10.1 Å². The molecule has 0 saturated heterocycles. The van der Waals surface area contributed by atoms with E-state index < -0.39 is 23.6 Å². The third-order valence-corrected chi connectivity index (χ3v) is 2.94. The highest BCUT2D eigenvalue weighted by Gasteiger charge is 2.44. The summed E-state index contributed by atoms with van der Waals surface area (Å²) in [5.41, 5.74) is 4.30. The Kier molecular flexibility index (Phi) is 4.46. The van der Waals surface area contributed by atoms with E-state index in [9.17, 15) is 22.8 Å². The Morgan fingerprint density at radius 2 is 2.22 bits per heavy atom. The van der Waals surface area contributed by atoms with Crippen LogP contribution in [0.3, 0.4) is 0 Å². The van der Waals surface area contributed by atoms with Gasteiger partial charge < -0.3 is 10.6 Å². The number of halogens is 3. The molecule has 0 bridgehead atoms. The van der Waals surface area contributed by atoms with E-state index in [1.54, 1.807) is 0 Å². The SMILES string of the molecule is CNC1SC=C(CC(N)=O)N1OC(=O)C(F)(F)F. The first kappa shape index (κ1) is 14.6. The topological polar surface area (TPSA) is 84.7 Å². The van der Waals surface area contributed by atoms with Crippen molar-refractivity contribution in [3.63, 3.8) is 0 Å². The summed E-state index contributed by atoms with van der Waals surface area (Å²) in [4.78, 5) is 25.7. The number of carbonyl (C=O) groups is 2. The lowest BCUT2D eigenvalue weighted by molar-refractivity contribution is -0.234. The van der Waals surface area contributed by atoms with Crippen molar-refractivity contribution in [1.29, 1.82) is 0 Å². The molecule has 1 aliphatic heterocycles. The normalized spacial score (nSPS) is 19.7. The van der Waals surface area contributed by atoms with E-state index in [2.05, 4.69) is 10.2 Å². The summed E-state index contributed by atoms with van der Waals surface area (Å²) in [5.74, 6) is -3.10. The van der Waals surface area contributed by atoms with E-state index in [0.29, 0.717) is 5.06 Å². The van der Waals surface area contributed by atoms with Crippen LogP contribution in [-0.4, -0.2) is 35.7 Å². The van der Waals surface area contributed by atoms with E-state index in [1.165, 1.54) is 12.5 Å². The summed E-state index contributed by atoms with van der Waals surface area (Å²) >= 11 is 1.05. The first-order chi connectivity index (χ1) is 8.25. The lowest BCUT2D eigenvalue weighted by atomic mass is 10.3. The van der Waals surface area contributed by atoms with Crippen LogP contribution in [0.1, 0.15) is 6.42 Å². The minimum Gasteiger partial charge on any atom is -0.369 e. The van der Waals surface area contributed by atoms with Crippen molar-refractivity contribution in [1.82, 2.24) is 10.4 Å². The van der Waals surface area contributed by atoms with Crippen molar-refractivity contribution < 1.29 is 27.6 Å². The highest BCUT2D eigenvalue weighted by molar-refractivity contribution is 8.02. The fraction of sp³-hybridized carbons (Fsp3) is 0.500. The van der Waals surface area contributed by atoms with Crippen LogP contribution in [-0.2, 0) is 14.4 Å². The van der Waals surface area contributed by atoms with Gasteiger partial charge in [0.25, 0.3) is 0 Å². The summed E-state index contributed by atoms with van der Waals surface area (Å²) < 4.78 is 36.3. The third kappa shape index (κ3) is 3.53. The maximum Gasteiger partial charge on any atom is 0.493 e. The molecule has 0 aromatic rings. The van der Waals surface area contributed by atoms with Crippen molar-refractivity contribution in [3.05, 3.63) is 11.1 Å². The highest BCUT2D eigenvalue weighted by atomic mass is 32.2. The second kappa shape index (κ2) is 5.48. The molecule has 0 saturated carbocycles. The van der Waals surface area contributed by atoms with E-state index >= 15 is 0 Å². The minimum absolute atomic E-state index is 0.0875. The molecule has 0 aromatic carbocycles. The summed E-state index contributed by atoms with van der Waals surface area (Å²) in [6.07, 6.45) is -5.43. The number of hydroxylamine groups is 2. The Morgan fingerprint density at radius 1 is 1.61 bits per heavy atom. The third-order valence-electron chi connectivity index (χ3n) is 1.84. The summed E-state index contributed by atoms with van der Waals surface area (Å²) in [7, 11) is 1.47. The molecule has 0 spiro atoms. The molecule has 1 unspecified atom stereocenters. The van der Waals surface area contributed by atoms with Crippen LogP contribution in [0.4, 0.5) is 13.2 Å². The Bertz CT molecular complexity index is 386. The molecule has 6 nitrogen and oxygen atoms in total. The number of primary amides is 1. The van der Waals surface area contributed by atoms with Gasteiger partial charge in [0.2, 0.25) is 5.91 Å². The highest BCUT2D eigenvalue weighted by Crippen LogP contribution is 2.32. The quantitative estimate of drug-likeness (QED) is 0.771. The summed E-state index contributed by atoms with van der Waals surface area (Å²) in [6.45, 7) is 0. The fourth-order valence-electron chi connectivity index (χ4n) is 1.13. The zero-order valence-corrected chi connectivity index (χ0v) is 9.97. The van der Waals surface area contributed by atoms with Gasteiger partial charge in [0.15, 0.2) is 5.50 Å². The van der Waals surface area contributed by atoms with Gasteiger partial charge in [-0.15, -0.1) is 0 Å². The number of thioether (sulfide) groups is 1. The van der Waals surface area contributed by atoms with Gasteiger partial charge in [0.1, 0.15) is 0 Å². The molecular formula is C8H10F3N3O3S. The lowest BCUT2D eigenvalue weighted by Gasteiger charge is -2.26. The molecule has 0 aromatic heterocycles. The molecule has 0 aliphatic carbocycles. The van der Waals surface area contributed by atoms with Crippen LogP contribution in [0.5, 0.6) is 0 Å². The van der Waals surface area contributed by atoms with Gasteiger partial charge in [0.05, 0.1) is 12.1 Å². The molecular weight excluding hydrogens is 275 g/mol. The van der Waals surface area contributed by atoms with E-state index in [-0.39, 0.29) is 12.1 Å². The molecule has 10 heteroatoms.